The zero-order valence-corrected chi connectivity index (χ0v) is 12.9. The Kier molecular flexibility index (Phi) is 4.69. The first kappa shape index (κ1) is 14.3. The Hall–Kier alpha value is -0.100. The molecule has 2 fully saturated rings. The molecule has 2 unspecified atom stereocenters. The highest BCUT2D eigenvalue weighted by Crippen LogP contribution is 2.25. The van der Waals surface area contributed by atoms with Crippen LogP contribution in [0.4, 0.5) is 0 Å². The highest BCUT2D eigenvalue weighted by molar-refractivity contribution is 9.09. The molecule has 2 aliphatic rings. The molecular formula is C12H20BrNO3S. The van der Waals surface area contributed by atoms with E-state index < -0.39 is 15.1 Å². The smallest absolute Gasteiger partial charge is 0.240 e. The van der Waals surface area contributed by atoms with Crippen molar-refractivity contribution < 1.29 is 13.2 Å². The Labute approximate surface area is 117 Å². The van der Waals surface area contributed by atoms with Gasteiger partial charge in [0.1, 0.15) is 5.25 Å². The van der Waals surface area contributed by atoms with E-state index in [-0.39, 0.29) is 11.7 Å². The molecule has 2 saturated heterocycles. The molecule has 2 aliphatic heterocycles. The summed E-state index contributed by atoms with van der Waals surface area (Å²) < 4.78 is 23.9. The average Bonchev–Trinajstić information content (AvgIpc) is 2.37. The summed E-state index contributed by atoms with van der Waals surface area (Å²) >= 11 is 3.45. The number of halogens is 1. The SMILES string of the molecule is O=C(C1CCCCS1(=O)=O)N1CCCC(CBr)C1. The standard InChI is InChI=1S/C12H20BrNO3S/c13-8-10-4-3-6-14(9-10)12(15)11-5-1-2-7-18(11,16)17/h10-11H,1-9H2. The topological polar surface area (TPSA) is 54.5 Å². The third-order valence-corrected chi connectivity index (χ3v) is 6.98. The maximum absolute atomic E-state index is 12.4. The van der Waals surface area contributed by atoms with Gasteiger partial charge >= 0.3 is 0 Å². The van der Waals surface area contributed by atoms with E-state index in [9.17, 15) is 13.2 Å². The fraction of sp³-hybridized carbons (Fsp3) is 0.917. The van der Waals surface area contributed by atoms with Crippen LogP contribution < -0.4 is 0 Å². The number of hydrogen-bond acceptors (Lipinski definition) is 3. The zero-order chi connectivity index (χ0) is 13.2. The second-order valence-corrected chi connectivity index (χ2v) is 8.25. The van der Waals surface area contributed by atoms with Gasteiger partial charge in [-0.1, -0.05) is 22.4 Å². The number of hydrogen-bond donors (Lipinski definition) is 0. The Morgan fingerprint density at radius 3 is 2.67 bits per heavy atom. The summed E-state index contributed by atoms with van der Waals surface area (Å²) in [6.45, 7) is 1.42. The van der Waals surface area contributed by atoms with Crippen molar-refractivity contribution in [1.82, 2.24) is 4.90 Å². The molecule has 0 aromatic rings. The first-order valence-electron chi connectivity index (χ1n) is 6.61. The molecule has 104 valence electrons. The molecule has 0 spiro atoms. The van der Waals surface area contributed by atoms with Crippen LogP contribution in [0.15, 0.2) is 0 Å². The predicted octanol–water partition coefficient (Wildman–Crippen LogP) is 1.59. The van der Waals surface area contributed by atoms with Gasteiger partial charge in [0, 0.05) is 18.4 Å². The lowest BCUT2D eigenvalue weighted by molar-refractivity contribution is -0.132. The number of nitrogens with zero attached hydrogens (tertiary/aromatic N) is 1. The van der Waals surface area contributed by atoms with Crippen molar-refractivity contribution in [2.24, 2.45) is 5.92 Å². The highest BCUT2D eigenvalue weighted by Gasteiger charge is 2.38. The Morgan fingerprint density at radius 1 is 1.22 bits per heavy atom. The molecule has 0 radical (unpaired) electrons. The maximum Gasteiger partial charge on any atom is 0.240 e. The van der Waals surface area contributed by atoms with E-state index in [1.807, 2.05) is 0 Å². The van der Waals surface area contributed by atoms with E-state index in [1.165, 1.54) is 0 Å². The minimum absolute atomic E-state index is 0.152. The van der Waals surface area contributed by atoms with Gasteiger partial charge in [0.15, 0.2) is 9.84 Å². The first-order chi connectivity index (χ1) is 8.54. The van der Waals surface area contributed by atoms with Gasteiger partial charge in [-0.2, -0.15) is 0 Å². The third-order valence-electron chi connectivity index (χ3n) is 3.90. The molecule has 18 heavy (non-hydrogen) atoms. The molecule has 2 rings (SSSR count). The number of likely N-dealkylation sites (tertiary alicyclic amines) is 1. The summed E-state index contributed by atoms with van der Waals surface area (Å²) in [4.78, 5) is 14.1. The lowest BCUT2D eigenvalue weighted by Gasteiger charge is -2.35. The van der Waals surface area contributed by atoms with Crippen LogP contribution >= 0.6 is 15.9 Å². The summed E-state index contributed by atoms with van der Waals surface area (Å²) in [6, 6.07) is 0. The molecule has 1 amide bonds. The predicted molar refractivity (Wildman–Crippen MR) is 74.5 cm³/mol. The normalized spacial score (nSPS) is 32.2. The van der Waals surface area contributed by atoms with E-state index >= 15 is 0 Å². The van der Waals surface area contributed by atoms with E-state index in [0.717, 1.165) is 24.6 Å². The molecule has 0 aromatic carbocycles. The van der Waals surface area contributed by atoms with Gasteiger partial charge in [-0.05, 0) is 31.6 Å². The van der Waals surface area contributed by atoms with Gasteiger partial charge < -0.3 is 4.90 Å². The molecule has 2 heterocycles. The van der Waals surface area contributed by atoms with Crippen molar-refractivity contribution in [3.63, 3.8) is 0 Å². The van der Waals surface area contributed by atoms with E-state index in [0.29, 0.717) is 31.8 Å². The summed E-state index contributed by atoms with van der Waals surface area (Å²) in [5, 5.41) is 0.120. The summed E-state index contributed by atoms with van der Waals surface area (Å²) in [7, 11) is -3.20. The number of piperidine rings is 1. The Morgan fingerprint density at radius 2 is 2.00 bits per heavy atom. The quantitative estimate of drug-likeness (QED) is 0.719. The van der Waals surface area contributed by atoms with Crippen LogP contribution in [0, 0.1) is 5.92 Å². The van der Waals surface area contributed by atoms with E-state index in [1.54, 1.807) is 4.90 Å². The van der Waals surface area contributed by atoms with Crippen LogP contribution in [0.25, 0.3) is 0 Å². The van der Waals surface area contributed by atoms with Crippen molar-refractivity contribution >= 4 is 31.7 Å². The van der Waals surface area contributed by atoms with Crippen LogP contribution in [-0.4, -0.2) is 48.6 Å². The van der Waals surface area contributed by atoms with Crippen LogP contribution in [0.2, 0.25) is 0 Å². The molecule has 0 saturated carbocycles. The van der Waals surface area contributed by atoms with Crippen molar-refractivity contribution in [2.75, 3.05) is 24.2 Å². The molecule has 4 nitrogen and oxygen atoms in total. The summed E-state index contributed by atoms with van der Waals surface area (Å²) in [6.07, 6.45) is 4.17. The Bertz CT molecular complexity index is 410. The Balaban J connectivity index is 2.06. The van der Waals surface area contributed by atoms with Gasteiger partial charge in [0.2, 0.25) is 5.91 Å². The fourth-order valence-corrected chi connectivity index (χ4v) is 5.23. The first-order valence-corrected chi connectivity index (χ1v) is 9.44. The third kappa shape index (κ3) is 3.07. The molecular weight excluding hydrogens is 318 g/mol. The molecule has 6 heteroatoms. The van der Waals surface area contributed by atoms with Crippen molar-refractivity contribution in [3.8, 4) is 0 Å². The second-order valence-electron chi connectivity index (χ2n) is 5.30. The number of rotatable bonds is 2. The monoisotopic (exact) mass is 337 g/mol. The lowest BCUT2D eigenvalue weighted by atomic mass is 9.99. The van der Waals surface area contributed by atoms with Crippen molar-refractivity contribution in [3.05, 3.63) is 0 Å². The highest BCUT2D eigenvalue weighted by atomic mass is 79.9. The molecule has 0 aliphatic carbocycles. The van der Waals surface area contributed by atoms with Crippen LogP contribution in [0.3, 0.4) is 0 Å². The molecule has 2 atom stereocenters. The largest absolute Gasteiger partial charge is 0.341 e. The fourth-order valence-electron chi connectivity index (χ4n) is 2.83. The lowest BCUT2D eigenvalue weighted by Crippen LogP contribution is -2.49. The number of alkyl halides is 1. The van der Waals surface area contributed by atoms with Crippen LogP contribution in [-0.2, 0) is 14.6 Å². The van der Waals surface area contributed by atoms with Gasteiger partial charge in [-0.15, -0.1) is 0 Å². The number of carbonyl (C=O) groups excluding carboxylic acids is 1. The van der Waals surface area contributed by atoms with Crippen molar-refractivity contribution in [2.45, 2.75) is 37.4 Å². The summed E-state index contributed by atoms with van der Waals surface area (Å²) in [5.41, 5.74) is 0. The average molecular weight is 338 g/mol. The maximum atomic E-state index is 12.4. The van der Waals surface area contributed by atoms with E-state index in [4.69, 9.17) is 0 Å². The minimum atomic E-state index is -3.20. The van der Waals surface area contributed by atoms with Gasteiger partial charge in [0.05, 0.1) is 5.75 Å². The molecule has 0 N–H and O–H groups in total. The minimum Gasteiger partial charge on any atom is -0.341 e. The van der Waals surface area contributed by atoms with Crippen LogP contribution in [0.5, 0.6) is 0 Å². The van der Waals surface area contributed by atoms with Gasteiger partial charge in [0.25, 0.3) is 0 Å². The number of amides is 1. The second kappa shape index (κ2) is 5.90. The zero-order valence-electron chi connectivity index (χ0n) is 10.5. The molecule has 0 aromatic heterocycles. The van der Waals surface area contributed by atoms with Gasteiger partial charge in [-0.3, -0.25) is 4.79 Å². The number of sulfone groups is 1. The van der Waals surface area contributed by atoms with E-state index in [2.05, 4.69) is 15.9 Å². The van der Waals surface area contributed by atoms with Crippen molar-refractivity contribution in [1.29, 1.82) is 0 Å². The van der Waals surface area contributed by atoms with Crippen LogP contribution in [0.1, 0.15) is 32.1 Å². The number of carbonyl (C=O) groups is 1. The molecule has 0 bridgehead atoms. The van der Waals surface area contributed by atoms with Gasteiger partial charge in [-0.25, -0.2) is 8.42 Å². The summed E-state index contributed by atoms with van der Waals surface area (Å²) in [5.74, 6) is 0.494.